The van der Waals surface area contributed by atoms with Crippen LogP contribution in [-0.4, -0.2) is 27.7 Å². The minimum atomic E-state index is -0.492. The number of rotatable bonds is 1. The van der Waals surface area contributed by atoms with Crippen molar-refractivity contribution in [1.29, 1.82) is 0 Å². The maximum Gasteiger partial charge on any atom is 0.374 e. The number of aromatic hydroxyl groups is 1. The van der Waals surface area contributed by atoms with Gasteiger partial charge in [0, 0.05) is 13.1 Å². The Labute approximate surface area is 85.9 Å². The van der Waals surface area contributed by atoms with Gasteiger partial charge in [-0.25, -0.2) is 9.78 Å². The number of nitrogens with zero attached hydrogens (tertiary/aromatic N) is 2. The Bertz CT molecular complexity index is 531. The quantitative estimate of drug-likeness (QED) is 0.709. The molecule has 0 amide bonds. The van der Waals surface area contributed by atoms with Gasteiger partial charge in [0.25, 0.3) is 0 Å². The highest BCUT2D eigenvalue weighted by Crippen LogP contribution is 2.20. The van der Waals surface area contributed by atoms with Crippen LogP contribution in [0.2, 0.25) is 0 Å². The number of imidazole rings is 1. The zero-order chi connectivity index (χ0) is 11.0. The molecular weight excluding hydrogens is 196 g/mol. The number of carbonyl (C=O) groups excluding carboxylic acids is 1. The van der Waals surface area contributed by atoms with Crippen LogP contribution in [-0.2, 0) is 11.8 Å². The van der Waals surface area contributed by atoms with E-state index < -0.39 is 5.97 Å². The van der Waals surface area contributed by atoms with E-state index in [1.54, 1.807) is 23.7 Å². The fraction of sp³-hybridized carbons (Fsp3) is 0.200. The molecule has 0 bridgehead atoms. The molecule has 0 fully saturated rings. The Hall–Kier alpha value is -2.04. The maximum atomic E-state index is 11.3. The van der Waals surface area contributed by atoms with E-state index in [1.807, 2.05) is 0 Å². The summed E-state index contributed by atoms with van der Waals surface area (Å²) < 4.78 is 6.18. The minimum absolute atomic E-state index is 0.141. The molecular formula is C10H10N2O3. The van der Waals surface area contributed by atoms with Crippen LogP contribution in [0.25, 0.3) is 11.0 Å². The maximum absolute atomic E-state index is 11.3. The molecule has 0 atom stereocenters. The van der Waals surface area contributed by atoms with E-state index in [0.29, 0.717) is 11.0 Å². The SMILES string of the molecule is COC(=O)c1nc2ccc(O)cc2n1C. The third-order valence-corrected chi connectivity index (χ3v) is 2.23. The first-order chi connectivity index (χ1) is 7.13. The average molecular weight is 206 g/mol. The fourth-order valence-corrected chi connectivity index (χ4v) is 1.45. The molecule has 5 heteroatoms. The van der Waals surface area contributed by atoms with Gasteiger partial charge in [-0.2, -0.15) is 0 Å². The molecule has 1 heterocycles. The standard InChI is InChI=1S/C10H10N2O3/c1-12-8-5-6(13)3-4-7(8)11-9(12)10(14)15-2/h3-5,13H,1-2H3. The molecule has 0 unspecified atom stereocenters. The van der Waals surface area contributed by atoms with Gasteiger partial charge in [-0.05, 0) is 12.1 Å². The van der Waals surface area contributed by atoms with Gasteiger partial charge in [0.15, 0.2) is 0 Å². The van der Waals surface area contributed by atoms with Crippen LogP contribution >= 0.6 is 0 Å². The summed E-state index contributed by atoms with van der Waals surface area (Å²) in [6, 6.07) is 4.72. The molecule has 78 valence electrons. The molecule has 0 aliphatic heterocycles. The van der Waals surface area contributed by atoms with Crippen LogP contribution < -0.4 is 0 Å². The normalized spacial score (nSPS) is 10.5. The van der Waals surface area contributed by atoms with E-state index in [4.69, 9.17) is 0 Å². The van der Waals surface area contributed by atoms with E-state index in [2.05, 4.69) is 9.72 Å². The molecule has 1 aromatic heterocycles. The number of benzene rings is 1. The van der Waals surface area contributed by atoms with Crippen molar-refractivity contribution in [3.05, 3.63) is 24.0 Å². The summed E-state index contributed by atoms with van der Waals surface area (Å²) in [5.74, 6) is -0.131. The number of aromatic nitrogens is 2. The van der Waals surface area contributed by atoms with Crippen LogP contribution in [0, 0.1) is 0 Å². The topological polar surface area (TPSA) is 64.3 Å². The van der Waals surface area contributed by atoms with E-state index in [-0.39, 0.29) is 11.6 Å². The van der Waals surface area contributed by atoms with Gasteiger partial charge < -0.3 is 14.4 Å². The van der Waals surface area contributed by atoms with Crippen LogP contribution in [0.3, 0.4) is 0 Å². The Balaban J connectivity index is 2.69. The number of hydrogen-bond acceptors (Lipinski definition) is 4. The van der Waals surface area contributed by atoms with Crippen LogP contribution in [0.5, 0.6) is 5.75 Å². The number of hydrogen-bond donors (Lipinski definition) is 1. The molecule has 1 N–H and O–H groups in total. The van der Waals surface area contributed by atoms with Crippen LogP contribution in [0.4, 0.5) is 0 Å². The van der Waals surface area contributed by atoms with Crippen LogP contribution in [0.15, 0.2) is 18.2 Å². The molecule has 15 heavy (non-hydrogen) atoms. The zero-order valence-corrected chi connectivity index (χ0v) is 8.39. The van der Waals surface area contributed by atoms with Crippen LogP contribution in [0.1, 0.15) is 10.6 Å². The first-order valence-corrected chi connectivity index (χ1v) is 4.37. The van der Waals surface area contributed by atoms with E-state index in [0.717, 1.165) is 0 Å². The van der Waals surface area contributed by atoms with Crippen molar-refractivity contribution in [2.45, 2.75) is 0 Å². The monoisotopic (exact) mass is 206 g/mol. The molecule has 0 radical (unpaired) electrons. The molecule has 1 aromatic carbocycles. The number of phenols is 1. The van der Waals surface area contributed by atoms with Gasteiger partial charge in [-0.1, -0.05) is 0 Å². The highest BCUT2D eigenvalue weighted by Gasteiger charge is 2.15. The zero-order valence-electron chi connectivity index (χ0n) is 8.39. The summed E-state index contributed by atoms with van der Waals surface area (Å²) in [6.07, 6.45) is 0. The number of esters is 1. The van der Waals surface area contributed by atoms with E-state index in [9.17, 15) is 9.90 Å². The molecule has 0 aliphatic rings. The molecule has 0 saturated heterocycles. The number of ether oxygens (including phenoxy) is 1. The van der Waals surface area contributed by atoms with Crippen molar-refractivity contribution < 1.29 is 14.6 Å². The fourth-order valence-electron chi connectivity index (χ4n) is 1.45. The molecule has 2 rings (SSSR count). The van der Waals surface area contributed by atoms with Crippen molar-refractivity contribution in [3.63, 3.8) is 0 Å². The lowest BCUT2D eigenvalue weighted by Crippen LogP contribution is -2.08. The van der Waals surface area contributed by atoms with Gasteiger partial charge in [0.05, 0.1) is 18.1 Å². The molecule has 0 aliphatic carbocycles. The summed E-state index contributed by atoms with van der Waals surface area (Å²) in [5.41, 5.74) is 1.34. The number of methoxy groups -OCH3 is 1. The second kappa shape index (κ2) is 3.27. The lowest BCUT2D eigenvalue weighted by Gasteiger charge is -1.99. The lowest BCUT2D eigenvalue weighted by molar-refractivity contribution is 0.0583. The Kier molecular flexibility index (Phi) is 2.07. The first-order valence-electron chi connectivity index (χ1n) is 4.37. The second-order valence-corrected chi connectivity index (χ2v) is 3.16. The lowest BCUT2D eigenvalue weighted by atomic mass is 10.3. The summed E-state index contributed by atoms with van der Waals surface area (Å²) in [4.78, 5) is 15.4. The average Bonchev–Trinajstić information content (AvgIpc) is 2.55. The summed E-state index contributed by atoms with van der Waals surface area (Å²) in [6.45, 7) is 0. The summed E-state index contributed by atoms with van der Waals surface area (Å²) in [5, 5.41) is 9.30. The van der Waals surface area contributed by atoms with E-state index >= 15 is 0 Å². The number of aryl methyl sites for hydroxylation is 1. The predicted molar refractivity (Wildman–Crippen MR) is 53.7 cm³/mol. The predicted octanol–water partition coefficient (Wildman–Crippen LogP) is 1.07. The number of fused-ring (bicyclic) bond motifs is 1. The number of carbonyl (C=O) groups is 1. The van der Waals surface area contributed by atoms with Crippen molar-refractivity contribution in [3.8, 4) is 5.75 Å². The largest absolute Gasteiger partial charge is 0.508 e. The van der Waals surface area contributed by atoms with E-state index in [1.165, 1.54) is 13.2 Å². The molecule has 5 nitrogen and oxygen atoms in total. The summed E-state index contributed by atoms with van der Waals surface area (Å²) >= 11 is 0. The van der Waals surface area contributed by atoms with Gasteiger partial charge in [0.2, 0.25) is 5.82 Å². The highest BCUT2D eigenvalue weighted by atomic mass is 16.5. The second-order valence-electron chi connectivity index (χ2n) is 3.16. The third-order valence-electron chi connectivity index (χ3n) is 2.23. The Morgan fingerprint density at radius 2 is 2.27 bits per heavy atom. The Morgan fingerprint density at radius 1 is 1.53 bits per heavy atom. The molecule has 2 aromatic rings. The highest BCUT2D eigenvalue weighted by molar-refractivity contribution is 5.91. The summed E-state index contributed by atoms with van der Waals surface area (Å²) in [7, 11) is 3.00. The van der Waals surface area contributed by atoms with Crippen molar-refractivity contribution in [2.24, 2.45) is 7.05 Å². The first kappa shape index (κ1) is 9.51. The smallest absolute Gasteiger partial charge is 0.374 e. The van der Waals surface area contributed by atoms with Gasteiger partial charge in [-0.15, -0.1) is 0 Å². The molecule has 0 saturated carbocycles. The minimum Gasteiger partial charge on any atom is -0.508 e. The third kappa shape index (κ3) is 1.41. The number of phenolic OH excluding ortho intramolecular Hbond substituents is 1. The van der Waals surface area contributed by atoms with Crippen molar-refractivity contribution >= 4 is 17.0 Å². The van der Waals surface area contributed by atoms with Gasteiger partial charge >= 0.3 is 5.97 Å². The Morgan fingerprint density at radius 3 is 2.93 bits per heavy atom. The molecule has 0 spiro atoms. The van der Waals surface area contributed by atoms with Gasteiger partial charge in [0.1, 0.15) is 5.75 Å². The van der Waals surface area contributed by atoms with Crippen molar-refractivity contribution in [1.82, 2.24) is 9.55 Å². The van der Waals surface area contributed by atoms with Gasteiger partial charge in [-0.3, -0.25) is 0 Å². The van der Waals surface area contributed by atoms with Crippen molar-refractivity contribution in [2.75, 3.05) is 7.11 Å².